The molecular weight excluding hydrogens is 348 g/mol. The number of piperidine rings is 1. The molecule has 1 aliphatic heterocycles. The highest BCUT2D eigenvalue weighted by Gasteiger charge is 2.22. The highest BCUT2D eigenvalue weighted by molar-refractivity contribution is 7.89. The van der Waals surface area contributed by atoms with Crippen LogP contribution in [-0.2, 0) is 10.0 Å². The van der Waals surface area contributed by atoms with Gasteiger partial charge in [-0.15, -0.1) is 0 Å². The Hall–Kier alpha value is -2.18. The lowest BCUT2D eigenvalue weighted by molar-refractivity contribution is 0.0724. The topological polar surface area (TPSA) is 66.5 Å². The zero-order valence-corrected chi connectivity index (χ0v) is 15.7. The molecule has 1 heterocycles. The molecule has 1 fully saturated rings. The maximum absolute atomic E-state index is 12.7. The molecule has 138 valence electrons. The van der Waals surface area contributed by atoms with Crippen LogP contribution in [0.3, 0.4) is 0 Å². The molecule has 0 saturated carbocycles. The molecule has 1 saturated heterocycles. The molecule has 1 N–H and O–H groups in total. The van der Waals surface area contributed by atoms with Crippen LogP contribution in [0.15, 0.2) is 59.5 Å². The lowest BCUT2D eigenvalue weighted by Crippen LogP contribution is -2.35. The Balaban J connectivity index is 1.78. The number of carbonyl (C=O) groups excluding carboxylic acids is 1. The fourth-order valence-corrected chi connectivity index (χ4v) is 4.46. The van der Waals surface area contributed by atoms with Crippen molar-refractivity contribution in [3.8, 4) is 0 Å². The van der Waals surface area contributed by atoms with Crippen LogP contribution in [0.1, 0.15) is 48.1 Å². The summed E-state index contributed by atoms with van der Waals surface area (Å²) in [6, 6.07) is 15.3. The highest BCUT2D eigenvalue weighted by atomic mass is 32.2. The van der Waals surface area contributed by atoms with Gasteiger partial charge in [-0.25, -0.2) is 13.1 Å². The van der Waals surface area contributed by atoms with Crippen LogP contribution < -0.4 is 4.72 Å². The van der Waals surface area contributed by atoms with E-state index in [1.807, 2.05) is 30.3 Å². The summed E-state index contributed by atoms with van der Waals surface area (Å²) in [5.74, 6) is -0.0992. The molecule has 26 heavy (non-hydrogen) atoms. The van der Waals surface area contributed by atoms with E-state index in [0.717, 1.165) is 37.9 Å². The molecule has 1 atom stereocenters. The summed E-state index contributed by atoms with van der Waals surface area (Å²) in [4.78, 5) is 14.5. The number of sulfonamides is 1. The second kappa shape index (κ2) is 8.01. The first-order valence-corrected chi connectivity index (χ1v) is 10.4. The van der Waals surface area contributed by atoms with Crippen molar-refractivity contribution in [2.24, 2.45) is 0 Å². The lowest BCUT2D eigenvalue weighted by atomic mass is 10.1. The molecule has 1 unspecified atom stereocenters. The monoisotopic (exact) mass is 372 g/mol. The minimum absolute atomic E-state index is 0.0992. The Kier molecular flexibility index (Phi) is 5.74. The molecule has 1 aliphatic rings. The van der Waals surface area contributed by atoms with Crippen LogP contribution >= 0.6 is 0 Å². The normalized spacial score (nSPS) is 16.3. The van der Waals surface area contributed by atoms with E-state index < -0.39 is 10.0 Å². The van der Waals surface area contributed by atoms with Crippen molar-refractivity contribution in [2.75, 3.05) is 13.1 Å². The molecule has 2 aromatic rings. The van der Waals surface area contributed by atoms with Crippen LogP contribution in [0.4, 0.5) is 0 Å². The third kappa shape index (κ3) is 4.31. The third-order valence-electron chi connectivity index (χ3n) is 4.67. The molecular formula is C20H24N2O3S. The first-order valence-electron chi connectivity index (χ1n) is 8.94. The Morgan fingerprint density at radius 2 is 1.69 bits per heavy atom. The average molecular weight is 372 g/mol. The van der Waals surface area contributed by atoms with E-state index in [9.17, 15) is 13.2 Å². The molecule has 0 bridgehead atoms. The van der Waals surface area contributed by atoms with Crippen molar-refractivity contribution in [1.82, 2.24) is 9.62 Å². The number of likely N-dealkylation sites (tertiary alicyclic amines) is 1. The standard InChI is InChI=1S/C20H24N2O3S/c1-16(17-9-4-2-5-10-17)21-26(24,25)19-12-8-11-18(15-19)20(23)22-13-6-3-7-14-22/h2,4-5,8-12,15-16,21H,3,6-7,13-14H2,1H3. The predicted octanol–water partition coefficient (Wildman–Crippen LogP) is 3.35. The van der Waals surface area contributed by atoms with Crippen molar-refractivity contribution in [2.45, 2.75) is 37.1 Å². The quantitative estimate of drug-likeness (QED) is 0.875. The third-order valence-corrected chi connectivity index (χ3v) is 6.20. The molecule has 0 radical (unpaired) electrons. The number of hydrogen-bond acceptors (Lipinski definition) is 3. The van der Waals surface area contributed by atoms with Crippen molar-refractivity contribution < 1.29 is 13.2 Å². The van der Waals surface area contributed by atoms with Gasteiger partial charge < -0.3 is 4.90 Å². The van der Waals surface area contributed by atoms with E-state index in [4.69, 9.17) is 0 Å². The molecule has 5 nitrogen and oxygen atoms in total. The summed E-state index contributed by atoms with van der Waals surface area (Å²) in [6.07, 6.45) is 3.14. The first kappa shape index (κ1) is 18.6. The number of hydrogen-bond donors (Lipinski definition) is 1. The SMILES string of the molecule is CC(NS(=O)(=O)c1cccc(C(=O)N2CCCCC2)c1)c1ccccc1. The Morgan fingerprint density at radius 1 is 1.00 bits per heavy atom. The van der Waals surface area contributed by atoms with Crippen LogP contribution in [0.2, 0.25) is 0 Å². The van der Waals surface area contributed by atoms with Gasteiger partial charge in [-0.05, 0) is 49.9 Å². The van der Waals surface area contributed by atoms with Crippen LogP contribution in [-0.4, -0.2) is 32.3 Å². The number of rotatable bonds is 5. The van der Waals surface area contributed by atoms with Crippen LogP contribution in [0.5, 0.6) is 0 Å². The maximum atomic E-state index is 12.7. The Bertz CT molecular complexity index is 860. The van der Waals surface area contributed by atoms with Gasteiger partial charge in [0.05, 0.1) is 4.90 Å². The van der Waals surface area contributed by atoms with Crippen molar-refractivity contribution >= 4 is 15.9 Å². The molecule has 2 aromatic carbocycles. The smallest absolute Gasteiger partial charge is 0.253 e. The largest absolute Gasteiger partial charge is 0.339 e. The van der Waals surface area contributed by atoms with E-state index in [1.165, 1.54) is 12.1 Å². The van der Waals surface area contributed by atoms with Gasteiger partial charge in [-0.3, -0.25) is 4.79 Å². The minimum atomic E-state index is -3.72. The number of benzene rings is 2. The number of nitrogens with zero attached hydrogens (tertiary/aromatic N) is 1. The summed E-state index contributed by atoms with van der Waals surface area (Å²) in [7, 11) is -3.72. The fourth-order valence-electron chi connectivity index (χ4n) is 3.19. The van der Waals surface area contributed by atoms with Gasteiger partial charge in [0.15, 0.2) is 0 Å². The Morgan fingerprint density at radius 3 is 2.38 bits per heavy atom. The van der Waals surface area contributed by atoms with E-state index in [2.05, 4.69) is 4.72 Å². The zero-order valence-electron chi connectivity index (χ0n) is 14.9. The second-order valence-electron chi connectivity index (χ2n) is 6.63. The van der Waals surface area contributed by atoms with Gasteiger partial charge in [0.2, 0.25) is 10.0 Å². The molecule has 6 heteroatoms. The summed E-state index contributed by atoms with van der Waals surface area (Å²) in [6.45, 7) is 3.27. The predicted molar refractivity (Wildman–Crippen MR) is 101 cm³/mol. The van der Waals surface area contributed by atoms with E-state index in [-0.39, 0.29) is 16.8 Å². The highest BCUT2D eigenvalue weighted by Crippen LogP contribution is 2.19. The van der Waals surface area contributed by atoms with Gasteiger partial charge in [0, 0.05) is 24.7 Å². The summed E-state index contributed by atoms with van der Waals surface area (Å²) >= 11 is 0. The van der Waals surface area contributed by atoms with Gasteiger partial charge in [0.1, 0.15) is 0 Å². The van der Waals surface area contributed by atoms with E-state index in [1.54, 1.807) is 24.0 Å². The molecule has 3 rings (SSSR count). The summed E-state index contributed by atoms with van der Waals surface area (Å²) in [5.41, 5.74) is 1.30. The van der Waals surface area contributed by atoms with Crippen molar-refractivity contribution in [3.05, 3.63) is 65.7 Å². The number of carbonyl (C=O) groups is 1. The first-order chi connectivity index (χ1) is 12.5. The van der Waals surface area contributed by atoms with Crippen molar-refractivity contribution in [3.63, 3.8) is 0 Å². The number of amides is 1. The van der Waals surface area contributed by atoms with E-state index in [0.29, 0.717) is 5.56 Å². The molecule has 1 amide bonds. The summed E-state index contributed by atoms with van der Waals surface area (Å²) in [5, 5.41) is 0. The zero-order chi connectivity index (χ0) is 18.6. The van der Waals surface area contributed by atoms with Crippen molar-refractivity contribution in [1.29, 1.82) is 0 Å². The summed E-state index contributed by atoms with van der Waals surface area (Å²) < 4.78 is 28.1. The van der Waals surface area contributed by atoms with Gasteiger partial charge in [0.25, 0.3) is 5.91 Å². The fraction of sp³-hybridized carbons (Fsp3) is 0.350. The van der Waals surface area contributed by atoms with Gasteiger partial charge in [-0.2, -0.15) is 0 Å². The second-order valence-corrected chi connectivity index (χ2v) is 8.35. The molecule has 0 spiro atoms. The lowest BCUT2D eigenvalue weighted by Gasteiger charge is -2.26. The van der Waals surface area contributed by atoms with Crippen LogP contribution in [0, 0.1) is 0 Å². The van der Waals surface area contributed by atoms with Crippen LogP contribution in [0.25, 0.3) is 0 Å². The average Bonchev–Trinajstić information content (AvgIpc) is 2.68. The number of nitrogens with one attached hydrogen (secondary N) is 1. The Labute approximate surface area is 155 Å². The molecule has 0 aromatic heterocycles. The van der Waals surface area contributed by atoms with E-state index >= 15 is 0 Å². The van der Waals surface area contributed by atoms with Gasteiger partial charge >= 0.3 is 0 Å². The minimum Gasteiger partial charge on any atom is -0.339 e. The molecule has 0 aliphatic carbocycles. The maximum Gasteiger partial charge on any atom is 0.253 e. The van der Waals surface area contributed by atoms with Gasteiger partial charge in [-0.1, -0.05) is 36.4 Å².